The van der Waals surface area contributed by atoms with Gasteiger partial charge in [0.05, 0.1) is 11.4 Å². The van der Waals surface area contributed by atoms with E-state index in [1.807, 2.05) is 13.2 Å². The van der Waals surface area contributed by atoms with Gasteiger partial charge in [0.15, 0.2) is 0 Å². The molecule has 0 radical (unpaired) electrons. The molecule has 2 atom stereocenters. The molecule has 1 aromatic rings. The summed E-state index contributed by atoms with van der Waals surface area (Å²) in [5.74, 6) is -0.554. The van der Waals surface area contributed by atoms with Crippen LogP contribution in [-0.4, -0.2) is 29.4 Å². The van der Waals surface area contributed by atoms with Crippen LogP contribution in [0.2, 0.25) is 0 Å². The number of aryl methyl sites for hydroxylation is 1. The second-order valence-corrected chi connectivity index (χ2v) is 7.19. The molecule has 0 bridgehead atoms. The van der Waals surface area contributed by atoms with E-state index in [-0.39, 0.29) is 11.8 Å². The first-order valence-electron chi connectivity index (χ1n) is 5.85. The minimum absolute atomic E-state index is 0.0982. The number of aromatic nitrogens is 2. The summed E-state index contributed by atoms with van der Waals surface area (Å²) in [6.45, 7) is 3.09. The maximum atomic E-state index is 11.8. The van der Waals surface area contributed by atoms with Crippen molar-refractivity contribution < 1.29 is 13.2 Å². The van der Waals surface area contributed by atoms with Gasteiger partial charge in [0.1, 0.15) is 0 Å². The average Bonchev–Trinajstić information content (AvgIpc) is 2.94. The van der Waals surface area contributed by atoms with Gasteiger partial charge in [-0.3, -0.25) is 14.2 Å². The Bertz CT molecular complexity index is 562. The second kappa shape index (κ2) is 4.38. The Balaban J connectivity index is 1.98. The molecular weight excluding hydrogens is 254 g/mol. The number of carbonyl (C=O) groups excluding carboxylic acids is 1. The quantitative estimate of drug-likeness (QED) is 0.858. The van der Waals surface area contributed by atoms with E-state index in [4.69, 9.17) is 0 Å². The van der Waals surface area contributed by atoms with E-state index in [1.54, 1.807) is 24.7 Å². The van der Waals surface area contributed by atoms with Crippen LogP contribution in [0.3, 0.4) is 0 Å². The Labute approximate surface area is 106 Å². The molecular formula is C11H17N3O3S. The van der Waals surface area contributed by atoms with Crippen LogP contribution in [0.1, 0.15) is 31.7 Å². The molecule has 0 spiro atoms. The Morgan fingerprint density at radius 2 is 2.22 bits per heavy atom. The van der Waals surface area contributed by atoms with Crippen molar-refractivity contribution in [3.63, 3.8) is 0 Å². The number of sulfonamides is 1. The van der Waals surface area contributed by atoms with Crippen LogP contribution in [0.25, 0.3) is 0 Å². The van der Waals surface area contributed by atoms with Crippen LogP contribution in [-0.2, 0) is 21.9 Å². The molecule has 1 aliphatic rings. The number of rotatable bonds is 4. The van der Waals surface area contributed by atoms with Gasteiger partial charge in [-0.1, -0.05) is 0 Å². The van der Waals surface area contributed by atoms with Gasteiger partial charge in [0, 0.05) is 19.2 Å². The van der Waals surface area contributed by atoms with E-state index in [9.17, 15) is 13.2 Å². The summed E-state index contributed by atoms with van der Waals surface area (Å²) in [5.41, 5.74) is 0.986. The Kier molecular flexibility index (Phi) is 3.18. The molecule has 0 saturated heterocycles. The molecule has 6 nitrogen and oxygen atoms in total. The zero-order valence-corrected chi connectivity index (χ0v) is 11.4. The third-order valence-electron chi connectivity index (χ3n) is 3.14. The fourth-order valence-corrected chi connectivity index (χ4v) is 2.49. The molecule has 1 aromatic heterocycles. The van der Waals surface area contributed by atoms with E-state index in [2.05, 4.69) is 9.82 Å². The molecule has 100 valence electrons. The van der Waals surface area contributed by atoms with Crippen LogP contribution < -0.4 is 4.72 Å². The summed E-state index contributed by atoms with van der Waals surface area (Å²) in [4.78, 5) is 11.8. The molecule has 1 saturated carbocycles. The van der Waals surface area contributed by atoms with Crippen LogP contribution in [0.4, 0.5) is 0 Å². The minimum Gasteiger partial charge on any atom is -0.276 e. The lowest BCUT2D eigenvalue weighted by Crippen LogP contribution is -2.36. The summed E-state index contributed by atoms with van der Waals surface area (Å²) >= 11 is 0. The van der Waals surface area contributed by atoms with Crippen molar-refractivity contribution in [1.82, 2.24) is 14.5 Å². The number of carbonyl (C=O) groups is 1. The zero-order valence-electron chi connectivity index (χ0n) is 10.6. The molecule has 2 rings (SSSR count). The van der Waals surface area contributed by atoms with Gasteiger partial charge in [-0.2, -0.15) is 5.10 Å². The maximum Gasteiger partial charge on any atom is 0.237 e. The monoisotopic (exact) mass is 271 g/mol. The molecule has 1 fully saturated rings. The van der Waals surface area contributed by atoms with Crippen LogP contribution in [0, 0.1) is 5.92 Å². The zero-order chi connectivity index (χ0) is 13.5. The number of nitrogens with zero attached hydrogens (tertiary/aromatic N) is 2. The summed E-state index contributed by atoms with van der Waals surface area (Å²) in [6, 6.07) is 0. The second-order valence-electron chi connectivity index (χ2n) is 4.96. The SMILES string of the molecule is CC(C)S(=O)(=O)NC(=O)C1CC1c1cnn(C)c1. The lowest BCUT2D eigenvalue weighted by molar-refractivity contribution is -0.120. The van der Waals surface area contributed by atoms with Crippen LogP contribution >= 0.6 is 0 Å². The molecule has 1 amide bonds. The number of amides is 1. The Hall–Kier alpha value is -1.37. The molecule has 1 aliphatic carbocycles. The topological polar surface area (TPSA) is 81.1 Å². The molecule has 0 aromatic carbocycles. The average molecular weight is 271 g/mol. The predicted octanol–water partition coefficient (Wildman–Crippen LogP) is 0.378. The van der Waals surface area contributed by atoms with Gasteiger partial charge in [0.25, 0.3) is 0 Å². The molecule has 7 heteroatoms. The third kappa shape index (κ3) is 2.55. The van der Waals surface area contributed by atoms with Crippen molar-refractivity contribution in [2.45, 2.75) is 31.4 Å². The summed E-state index contributed by atoms with van der Waals surface area (Å²) in [6.07, 6.45) is 4.26. The lowest BCUT2D eigenvalue weighted by atomic mass is 10.2. The molecule has 0 aliphatic heterocycles. The first-order valence-corrected chi connectivity index (χ1v) is 7.40. The molecule has 2 unspecified atom stereocenters. The van der Waals surface area contributed by atoms with Crippen molar-refractivity contribution in [1.29, 1.82) is 0 Å². The maximum absolute atomic E-state index is 11.8. The highest BCUT2D eigenvalue weighted by molar-refractivity contribution is 7.90. The van der Waals surface area contributed by atoms with Gasteiger partial charge in [-0.05, 0) is 31.7 Å². The third-order valence-corrected chi connectivity index (χ3v) is 4.87. The first-order chi connectivity index (χ1) is 8.31. The van der Waals surface area contributed by atoms with Crippen LogP contribution in [0.15, 0.2) is 12.4 Å². The largest absolute Gasteiger partial charge is 0.276 e. The van der Waals surface area contributed by atoms with Crippen molar-refractivity contribution in [2.24, 2.45) is 13.0 Å². The Morgan fingerprint density at radius 1 is 1.56 bits per heavy atom. The van der Waals surface area contributed by atoms with Crippen molar-refractivity contribution in [3.8, 4) is 0 Å². The number of hydrogen-bond acceptors (Lipinski definition) is 4. The molecule has 1 heterocycles. The minimum atomic E-state index is -3.52. The van der Waals surface area contributed by atoms with E-state index in [1.165, 1.54) is 0 Å². The number of hydrogen-bond donors (Lipinski definition) is 1. The molecule has 18 heavy (non-hydrogen) atoms. The van der Waals surface area contributed by atoms with Gasteiger partial charge in [-0.25, -0.2) is 8.42 Å². The summed E-state index contributed by atoms with van der Waals surface area (Å²) < 4.78 is 26.9. The fourth-order valence-electron chi connectivity index (χ4n) is 1.82. The number of nitrogens with one attached hydrogen (secondary N) is 1. The summed E-state index contributed by atoms with van der Waals surface area (Å²) in [7, 11) is -1.71. The van der Waals surface area contributed by atoms with E-state index < -0.39 is 21.2 Å². The molecule has 1 N–H and O–H groups in total. The van der Waals surface area contributed by atoms with Gasteiger partial charge in [-0.15, -0.1) is 0 Å². The normalized spacial score (nSPS) is 23.1. The highest BCUT2D eigenvalue weighted by Crippen LogP contribution is 2.47. The lowest BCUT2D eigenvalue weighted by Gasteiger charge is -2.08. The van der Waals surface area contributed by atoms with E-state index in [0.717, 1.165) is 5.56 Å². The van der Waals surface area contributed by atoms with Crippen molar-refractivity contribution in [2.75, 3.05) is 0 Å². The van der Waals surface area contributed by atoms with E-state index in [0.29, 0.717) is 6.42 Å². The van der Waals surface area contributed by atoms with Gasteiger partial charge >= 0.3 is 0 Å². The van der Waals surface area contributed by atoms with Crippen molar-refractivity contribution in [3.05, 3.63) is 18.0 Å². The highest BCUT2D eigenvalue weighted by Gasteiger charge is 2.45. The van der Waals surface area contributed by atoms with Gasteiger partial charge < -0.3 is 0 Å². The van der Waals surface area contributed by atoms with Gasteiger partial charge in [0.2, 0.25) is 15.9 Å². The van der Waals surface area contributed by atoms with E-state index >= 15 is 0 Å². The predicted molar refractivity (Wildman–Crippen MR) is 66.3 cm³/mol. The smallest absolute Gasteiger partial charge is 0.237 e. The standard InChI is InChI=1S/C11H17N3O3S/c1-7(2)18(16,17)13-11(15)10-4-9(10)8-5-12-14(3)6-8/h5-7,9-10H,4H2,1-3H3,(H,13,15). The Morgan fingerprint density at radius 3 is 2.72 bits per heavy atom. The summed E-state index contributed by atoms with van der Waals surface area (Å²) in [5, 5.41) is 3.44. The highest BCUT2D eigenvalue weighted by atomic mass is 32.2. The van der Waals surface area contributed by atoms with Crippen molar-refractivity contribution >= 4 is 15.9 Å². The first kappa shape index (κ1) is 13.1. The fraction of sp³-hybridized carbons (Fsp3) is 0.636. The van der Waals surface area contributed by atoms with Crippen LogP contribution in [0.5, 0.6) is 0 Å².